The Labute approximate surface area is 121 Å². The molecule has 0 aliphatic heterocycles. The lowest BCUT2D eigenvalue weighted by atomic mass is 9.76. The maximum Gasteiger partial charge on any atom is 0.335 e. The number of hydrogen-bond donors (Lipinski definition) is 1. The molecule has 0 amide bonds. The van der Waals surface area contributed by atoms with Crippen molar-refractivity contribution in [2.75, 3.05) is 0 Å². The van der Waals surface area contributed by atoms with E-state index >= 15 is 0 Å². The van der Waals surface area contributed by atoms with Crippen LogP contribution in [-0.2, 0) is 0 Å². The van der Waals surface area contributed by atoms with Crippen molar-refractivity contribution in [3.05, 3.63) is 32.9 Å². The van der Waals surface area contributed by atoms with E-state index in [1.807, 2.05) is 6.07 Å². The zero-order chi connectivity index (χ0) is 12.8. The third kappa shape index (κ3) is 2.29. The van der Waals surface area contributed by atoms with E-state index in [2.05, 4.69) is 28.7 Å². The fraction of sp³-hybridized carbons (Fsp3) is 0.533. The second-order valence-corrected chi connectivity index (χ2v) is 7.06. The van der Waals surface area contributed by atoms with Crippen LogP contribution in [0.25, 0.3) is 0 Å². The molecular formula is C15H17IO2. The molecule has 2 aliphatic carbocycles. The summed E-state index contributed by atoms with van der Waals surface area (Å²) in [6.45, 7) is 0. The van der Waals surface area contributed by atoms with Crippen molar-refractivity contribution < 1.29 is 9.90 Å². The highest BCUT2D eigenvalue weighted by atomic mass is 127. The smallest absolute Gasteiger partial charge is 0.335 e. The Morgan fingerprint density at radius 1 is 1.22 bits per heavy atom. The molecule has 0 saturated heterocycles. The van der Waals surface area contributed by atoms with Crippen molar-refractivity contribution in [2.24, 2.45) is 5.41 Å². The van der Waals surface area contributed by atoms with Gasteiger partial charge in [0.15, 0.2) is 0 Å². The number of carboxylic acid groups (broad SMARTS) is 1. The number of aromatic carboxylic acids is 1. The lowest BCUT2D eigenvalue weighted by Gasteiger charge is -2.29. The van der Waals surface area contributed by atoms with E-state index in [-0.39, 0.29) is 0 Å². The summed E-state index contributed by atoms with van der Waals surface area (Å²) in [5.41, 5.74) is 2.24. The molecule has 1 aromatic rings. The zero-order valence-electron chi connectivity index (χ0n) is 10.3. The van der Waals surface area contributed by atoms with Gasteiger partial charge in [-0.05, 0) is 96.2 Å². The van der Waals surface area contributed by atoms with Crippen LogP contribution in [0.5, 0.6) is 0 Å². The van der Waals surface area contributed by atoms with E-state index in [1.165, 1.54) is 38.5 Å². The topological polar surface area (TPSA) is 37.3 Å². The highest BCUT2D eigenvalue weighted by Gasteiger charge is 2.45. The van der Waals surface area contributed by atoms with Gasteiger partial charge in [-0.15, -0.1) is 0 Å². The average Bonchev–Trinajstić information content (AvgIpc) is 3.09. The number of halogens is 1. The summed E-state index contributed by atoms with van der Waals surface area (Å²) < 4.78 is 1.14. The van der Waals surface area contributed by atoms with Crippen LogP contribution < -0.4 is 0 Å². The summed E-state index contributed by atoms with van der Waals surface area (Å²) in [6.07, 6.45) is 7.72. The van der Waals surface area contributed by atoms with E-state index in [0.29, 0.717) is 16.9 Å². The van der Waals surface area contributed by atoms with Gasteiger partial charge in [0.05, 0.1) is 5.56 Å². The summed E-state index contributed by atoms with van der Waals surface area (Å²) in [5.74, 6) is -0.329. The Kier molecular flexibility index (Phi) is 3.12. The molecule has 1 aromatic carbocycles. The van der Waals surface area contributed by atoms with Gasteiger partial charge in [-0.3, -0.25) is 0 Å². The van der Waals surface area contributed by atoms with Crippen LogP contribution in [0.3, 0.4) is 0 Å². The minimum absolute atomic E-state index is 0.456. The molecule has 3 rings (SSSR count). The number of benzene rings is 1. The van der Waals surface area contributed by atoms with Gasteiger partial charge >= 0.3 is 5.97 Å². The normalized spacial score (nSPS) is 22.1. The van der Waals surface area contributed by atoms with Gasteiger partial charge in [-0.25, -0.2) is 4.79 Å². The van der Waals surface area contributed by atoms with Crippen LogP contribution in [0.4, 0.5) is 0 Å². The largest absolute Gasteiger partial charge is 0.478 e. The molecule has 1 spiro atoms. The Bertz CT molecular complexity index is 481. The first-order valence-corrected chi connectivity index (χ1v) is 7.70. The number of carbonyl (C=O) groups is 1. The zero-order valence-corrected chi connectivity index (χ0v) is 12.4. The van der Waals surface area contributed by atoms with Crippen LogP contribution in [-0.4, -0.2) is 11.1 Å². The molecule has 18 heavy (non-hydrogen) atoms. The van der Waals surface area contributed by atoms with E-state index in [9.17, 15) is 9.90 Å². The minimum atomic E-state index is -0.784. The van der Waals surface area contributed by atoms with Crippen molar-refractivity contribution in [2.45, 2.75) is 44.4 Å². The van der Waals surface area contributed by atoms with Crippen molar-refractivity contribution >= 4 is 28.6 Å². The van der Waals surface area contributed by atoms with Gasteiger partial charge in [0.1, 0.15) is 0 Å². The number of rotatable bonds is 2. The quantitative estimate of drug-likeness (QED) is 0.797. The highest BCUT2D eigenvalue weighted by Crippen LogP contribution is 2.58. The van der Waals surface area contributed by atoms with E-state index in [1.54, 1.807) is 6.07 Å². The lowest BCUT2D eigenvalue weighted by Crippen LogP contribution is -2.16. The number of hydrogen-bond acceptors (Lipinski definition) is 1. The first kappa shape index (κ1) is 12.5. The van der Waals surface area contributed by atoms with Crippen LogP contribution in [0.2, 0.25) is 0 Å². The average molecular weight is 356 g/mol. The summed E-state index contributed by atoms with van der Waals surface area (Å²) in [4.78, 5) is 11.3. The molecular weight excluding hydrogens is 339 g/mol. The summed E-state index contributed by atoms with van der Waals surface area (Å²) in [5, 5.41) is 9.30. The molecule has 0 radical (unpaired) electrons. The Morgan fingerprint density at radius 2 is 1.89 bits per heavy atom. The highest BCUT2D eigenvalue weighted by molar-refractivity contribution is 14.1. The van der Waals surface area contributed by atoms with Gasteiger partial charge in [0.25, 0.3) is 0 Å². The monoisotopic (exact) mass is 356 g/mol. The van der Waals surface area contributed by atoms with Gasteiger partial charge in [-0.1, -0.05) is 0 Å². The molecule has 0 aromatic heterocycles. The molecule has 2 fully saturated rings. The fourth-order valence-electron chi connectivity index (χ4n) is 3.28. The second-order valence-electron chi connectivity index (χ2n) is 5.81. The molecule has 1 N–H and O–H groups in total. The molecule has 0 heterocycles. The van der Waals surface area contributed by atoms with Gasteiger partial charge in [0.2, 0.25) is 0 Å². The van der Waals surface area contributed by atoms with E-state index in [0.717, 1.165) is 9.13 Å². The predicted octanol–water partition coefficient (Wildman–Crippen LogP) is 4.43. The summed E-state index contributed by atoms with van der Waals surface area (Å²) >= 11 is 2.27. The second kappa shape index (κ2) is 4.51. The predicted molar refractivity (Wildman–Crippen MR) is 79.0 cm³/mol. The molecule has 2 aliphatic rings. The summed E-state index contributed by atoms with van der Waals surface area (Å²) in [7, 11) is 0. The van der Waals surface area contributed by atoms with Crippen molar-refractivity contribution in [3.8, 4) is 0 Å². The molecule has 0 atom stereocenters. The maximum absolute atomic E-state index is 11.3. The van der Waals surface area contributed by atoms with E-state index < -0.39 is 5.97 Å². The molecule has 3 heteroatoms. The van der Waals surface area contributed by atoms with Crippen LogP contribution in [0, 0.1) is 8.99 Å². The van der Waals surface area contributed by atoms with Crippen LogP contribution in [0.15, 0.2) is 18.2 Å². The Balaban J connectivity index is 1.86. The van der Waals surface area contributed by atoms with Crippen molar-refractivity contribution in [1.82, 2.24) is 0 Å². The van der Waals surface area contributed by atoms with Crippen LogP contribution in [0.1, 0.15) is 60.4 Å². The van der Waals surface area contributed by atoms with Gasteiger partial charge in [0, 0.05) is 3.57 Å². The lowest BCUT2D eigenvalue weighted by molar-refractivity contribution is 0.0694. The fourth-order valence-corrected chi connectivity index (χ4v) is 3.80. The Hall–Kier alpha value is -0.580. The van der Waals surface area contributed by atoms with Gasteiger partial charge in [-0.2, -0.15) is 0 Å². The number of carboxylic acids is 1. The van der Waals surface area contributed by atoms with E-state index in [4.69, 9.17) is 0 Å². The van der Waals surface area contributed by atoms with Gasteiger partial charge < -0.3 is 5.11 Å². The third-order valence-corrected chi connectivity index (χ3v) is 5.36. The molecule has 96 valence electrons. The standard InChI is InChI=1S/C15H17IO2/c16-11-1-2-12(14(17)18)13(9-11)10-3-5-15(6-4-10)7-8-15/h1-2,9-10H,3-8H2,(H,17,18). The molecule has 2 nitrogen and oxygen atoms in total. The Morgan fingerprint density at radius 3 is 2.44 bits per heavy atom. The maximum atomic E-state index is 11.3. The third-order valence-electron chi connectivity index (χ3n) is 4.69. The van der Waals surface area contributed by atoms with Crippen molar-refractivity contribution in [3.63, 3.8) is 0 Å². The molecule has 0 bridgehead atoms. The van der Waals surface area contributed by atoms with Crippen molar-refractivity contribution in [1.29, 1.82) is 0 Å². The molecule has 0 unspecified atom stereocenters. The SMILES string of the molecule is O=C(O)c1ccc(I)cc1C1CCC2(CC1)CC2. The first-order chi connectivity index (χ1) is 8.60. The minimum Gasteiger partial charge on any atom is -0.478 e. The van der Waals surface area contributed by atoms with Crippen LogP contribution >= 0.6 is 22.6 Å². The first-order valence-electron chi connectivity index (χ1n) is 6.62. The summed E-state index contributed by atoms with van der Waals surface area (Å²) in [6, 6.07) is 5.72. The molecule has 2 saturated carbocycles.